The molecule has 0 N–H and O–H groups in total. The number of halogens is 2. The third-order valence-electron chi connectivity index (χ3n) is 5.58. The highest BCUT2D eigenvalue weighted by molar-refractivity contribution is 6.42. The van der Waals surface area contributed by atoms with E-state index in [1.165, 1.54) is 0 Å². The Hall–Kier alpha value is -1.14. The molecule has 2 atom stereocenters. The maximum atomic E-state index is 13.2. The van der Waals surface area contributed by atoms with E-state index in [2.05, 4.69) is 30.7 Å². The predicted molar refractivity (Wildman–Crippen MR) is 118 cm³/mol. The van der Waals surface area contributed by atoms with Gasteiger partial charge in [-0.1, -0.05) is 43.5 Å². The summed E-state index contributed by atoms with van der Waals surface area (Å²) in [6.45, 7) is 11.2. The van der Waals surface area contributed by atoms with Crippen molar-refractivity contribution >= 4 is 34.1 Å². The molecule has 2 heterocycles. The Balaban J connectivity index is 2.14. The zero-order valence-electron chi connectivity index (χ0n) is 17.2. The van der Waals surface area contributed by atoms with Gasteiger partial charge in [0.1, 0.15) is 5.82 Å². The number of aromatic nitrogens is 2. The van der Waals surface area contributed by atoms with Crippen LogP contribution in [0.3, 0.4) is 0 Å². The third-order valence-corrected chi connectivity index (χ3v) is 6.30. The predicted octanol–water partition coefficient (Wildman–Crippen LogP) is 4.45. The van der Waals surface area contributed by atoms with Gasteiger partial charge in [0.15, 0.2) is 0 Å². The summed E-state index contributed by atoms with van der Waals surface area (Å²) in [5, 5.41) is 1.34. The fourth-order valence-electron chi connectivity index (χ4n) is 4.30. The Bertz CT molecular complexity index is 898. The molecule has 0 aliphatic carbocycles. The number of benzene rings is 1. The molecule has 1 aromatic carbocycles. The molecule has 3 rings (SSSR count). The molecule has 2 aromatic rings. The van der Waals surface area contributed by atoms with Crippen LogP contribution >= 0.6 is 23.2 Å². The normalized spacial score (nSPS) is 20.4. The zero-order chi connectivity index (χ0) is 20.4. The second-order valence-electron chi connectivity index (χ2n) is 7.97. The van der Waals surface area contributed by atoms with Gasteiger partial charge in [0.25, 0.3) is 5.56 Å². The molecule has 0 spiro atoms. The lowest BCUT2D eigenvalue weighted by Gasteiger charge is -2.32. The largest absolute Gasteiger partial charge is 0.305 e. The van der Waals surface area contributed by atoms with Crippen LogP contribution in [0.1, 0.15) is 45.5 Å². The van der Waals surface area contributed by atoms with Gasteiger partial charge < -0.3 is 4.90 Å². The van der Waals surface area contributed by atoms with E-state index in [4.69, 9.17) is 28.2 Å². The summed E-state index contributed by atoms with van der Waals surface area (Å²) in [5.41, 5.74) is 0.586. The highest BCUT2D eigenvalue weighted by Gasteiger charge is 2.28. The number of hydrogen-bond donors (Lipinski definition) is 0. The second-order valence-corrected chi connectivity index (χ2v) is 8.78. The second kappa shape index (κ2) is 9.12. The van der Waals surface area contributed by atoms with E-state index in [1.807, 2.05) is 11.5 Å². The molecule has 1 fully saturated rings. The molecule has 7 heteroatoms. The standard InChI is InChI=1S/C21H30Cl2N4O/c1-5-7-19(26-9-8-25(4)12-14(3)13-26)20-24-18-11-17(23)16(22)10-15(18)21(28)27(20)6-2/h10-11,14,19H,5-9,12-13H2,1-4H3/t14?,19-/m0/s1. The molecule has 1 unspecified atom stereocenters. The van der Waals surface area contributed by atoms with Crippen LogP contribution in [0.15, 0.2) is 16.9 Å². The number of nitrogens with zero attached hydrogens (tertiary/aromatic N) is 4. The summed E-state index contributed by atoms with van der Waals surface area (Å²) in [4.78, 5) is 23.1. The summed E-state index contributed by atoms with van der Waals surface area (Å²) in [7, 11) is 2.18. The fourth-order valence-corrected chi connectivity index (χ4v) is 4.62. The van der Waals surface area contributed by atoms with E-state index in [0.29, 0.717) is 33.4 Å². The van der Waals surface area contributed by atoms with E-state index in [0.717, 1.165) is 44.8 Å². The molecular weight excluding hydrogens is 395 g/mol. The van der Waals surface area contributed by atoms with Gasteiger partial charge in [0, 0.05) is 32.7 Å². The lowest BCUT2D eigenvalue weighted by atomic mass is 10.1. The molecule has 1 aliphatic rings. The van der Waals surface area contributed by atoms with E-state index in [-0.39, 0.29) is 11.6 Å². The van der Waals surface area contributed by atoms with Crippen LogP contribution in [0.2, 0.25) is 10.0 Å². The molecule has 28 heavy (non-hydrogen) atoms. The van der Waals surface area contributed by atoms with Crippen molar-refractivity contribution in [1.29, 1.82) is 0 Å². The smallest absolute Gasteiger partial charge is 0.261 e. The molecular formula is C21H30Cl2N4O. The average Bonchev–Trinajstić information content (AvgIpc) is 2.81. The van der Waals surface area contributed by atoms with Crippen LogP contribution in [0.5, 0.6) is 0 Å². The van der Waals surface area contributed by atoms with Crippen molar-refractivity contribution in [3.05, 3.63) is 38.4 Å². The van der Waals surface area contributed by atoms with E-state index < -0.39 is 0 Å². The van der Waals surface area contributed by atoms with Gasteiger partial charge in [0.2, 0.25) is 0 Å². The Labute approximate surface area is 177 Å². The van der Waals surface area contributed by atoms with Crippen molar-refractivity contribution in [1.82, 2.24) is 19.4 Å². The molecule has 0 amide bonds. The van der Waals surface area contributed by atoms with Gasteiger partial charge in [-0.05, 0) is 38.4 Å². The van der Waals surface area contributed by atoms with Crippen molar-refractivity contribution < 1.29 is 0 Å². The van der Waals surface area contributed by atoms with Crippen LogP contribution in [-0.4, -0.2) is 52.6 Å². The van der Waals surface area contributed by atoms with Crippen molar-refractivity contribution in [3.8, 4) is 0 Å². The van der Waals surface area contributed by atoms with E-state index in [9.17, 15) is 4.79 Å². The van der Waals surface area contributed by atoms with Gasteiger partial charge in [-0.2, -0.15) is 0 Å². The summed E-state index contributed by atoms with van der Waals surface area (Å²) >= 11 is 12.4. The van der Waals surface area contributed by atoms with E-state index in [1.54, 1.807) is 12.1 Å². The van der Waals surface area contributed by atoms with Gasteiger partial charge in [-0.25, -0.2) is 4.98 Å². The molecule has 0 bridgehead atoms. The lowest BCUT2D eigenvalue weighted by molar-refractivity contribution is 0.167. The maximum Gasteiger partial charge on any atom is 0.261 e. The SMILES string of the molecule is CCC[C@@H](c1nc2cc(Cl)c(Cl)cc2c(=O)n1CC)N1CCN(C)CC(C)C1. The highest BCUT2D eigenvalue weighted by Crippen LogP contribution is 2.30. The molecule has 1 aliphatic heterocycles. The van der Waals surface area contributed by atoms with Crippen molar-refractivity contribution in [3.63, 3.8) is 0 Å². The van der Waals surface area contributed by atoms with Crippen LogP contribution in [0.4, 0.5) is 0 Å². The molecule has 1 aromatic heterocycles. The van der Waals surface area contributed by atoms with Gasteiger partial charge in [-0.3, -0.25) is 14.3 Å². The monoisotopic (exact) mass is 424 g/mol. The Morgan fingerprint density at radius 3 is 2.57 bits per heavy atom. The first-order valence-corrected chi connectivity index (χ1v) is 10.9. The molecule has 0 saturated carbocycles. The van der Waals surface area contributed by atoms with Gasteiger partial charge in [-0.15, -0.1) is 0 Å². The minimum absolute atomic E-state index is 0.0397. The van der Waals surface area contributed by atoms with Crippen LogP contribution < -0.4 is 5.56 Å². The minimum Gasteiger partial charge on any atom is -0.305 e. The quantitative estimate of drug-likeness (QED) is 0.710. The third kappa shape index (κ3) is 4.38. The molecule has 5 nitrogen and oxygen atoms in total. The van der Waals surface area contributed by atoms with Crippen LogP contribution in [-0.2, 0) is 6.54 Å². The van der Waals surface area contributed by atoms with Crippen LogP contribution in [0.25, 0.3) is 10.9 Å². The number of hydrogen-bond acceptors (Lipinski definition) is 4. The highest BCUT2D eigenvalue weighted by atomic mass is 35.5. The van der Waals surface area contributed by atoms with Crippen molar-refractivity contribution in [2.24, 2.45) is 5.92 Å². The molecule has 1 saturated heterocycles. The average molecular weight is 425 g/mol. The summed E-state index contributed by atoms with van der Waals surface area (Å²) in [5.74, 6) is 1.42. The molecule has 0 radical (unpaired) electrons. The Kier molecular flexibility index (Phi) is 7.02. The fraction of sp³-hybridized carbons (Fsp3) is 0.619. The summed E-state index contributed by atoms with van der Waals surface area (Å²) < 4.78 is 1.81. The van der Waals surface area contributed by atoms with E-state index >= 15 is 0 Å². The van der Waals surface area contributed by atoms with Crippen molar-refractivity contribution in [2.75, 3.05) is 33.2 Å². The zero-order valence-corrected chi connectivity index (χ0v) is 18.7. The number of fused-ring (bicyclic) bond motifs is 1. The topological polar surface area (TPSA) is 41.4 Å². The first-order valence-electron chi connectivity index (χ1n) is 10.2. The van der Waals surface area contributed by atoms with Gasteiger partial charge in [0.05, 0.1) is 27.0 Å². The minimum atomic E-state index is -0.0397. The maximum absolute atomic E-state index is 13.2. The first-order chi connectivity index (χ1) is 13.3. The Morgan fingerprint density at radius 2 is 1.89 bits per heavy atom. The number of rotatable bonds is 5. The Morgan fingerprint density at radius 1 is 1.18 bits per heavy atom. The first kappa shape index (κ1) is 21.6. The van der Waals surface area contributed by atoms with Crippen molar-refractivity contribution in [2.45, 2.75) is 46.2 Å². The summed E-state index contributed by atoms with van der Waals surface area (Å²) in [6, 6.07) is 3.47. The number of likely N-dealkylation sites (N-methyl/N-ethyl adjacent to an activating group) is 1. The summed E-state index contributed by atoms with van der Waals surface area (Å²) in [6.07, 6.45) is 2.00. The van der Waals surface area contributed by atoms with Crippen LogP contribution in [0, 0.1) is 5.92 Å². The molecule has 154 valence electrons. The lowest BCUT2D eigenvalue weighted by Crippen LogP contribution is -2.38. The van der Waals surface area contributed by atoms with Gasteiger partial charge >= 0.3 is 0 Å².